The van der Waals surface area contributed by atoms with Gasteiger partial charge in [0.2, 0.25) is 5.91 Å². The number of anilines is 1. The predicted octanol–water partition coefficient (Wildman–Crippen LogP) is 3.76. The largest absolute Gasteiger partial charge is 0.460 e. The molecule has 8 heteroatoms. The second-order valence-electron chi connectivity index (χ2n) is 7.55. The summed E-state index contributed by atoms with van der Waals surface area (Å²) < 4.78 is 10.2. The first-order valence-corrected chi connectivity index (χ1v) is 10.7. The Bertz CT molecular complexity index is 804. The van der Waals surface area contributed by atoms with Gasteiger partial charge < -0.3 is 25.0 Å². The molecule has 0 aliphatic carbocycles. The second kappa shape index (κ2) is 12.1. The molecule has 2 rings (SSSR count). The minimum absolute atomic E-state index is 0.0189. The van der Waals surface area contributed by atoms with E-state index in [-0.39, 0.29) is 25.2 Å². The highest BCUT2D eigenvalue weighted by Gasteiger charge is 2.35. The van der Waals surface area contributed by atoms with Crippen molar-refractivity contribution in [2.75, 3.05) is 32.7 Å². The minimum atomic E-state index is -0.641. The molecule has 0 saturated carbocycles. The summed E-state index contributed by atoms with van der Waals surface area (Å²) in [6.45, 7) is 4.26. The van der Waals surface area contributed by atoms with Crippen molar-refractivity contribution in [3.05, 3.63) is 41.1 Å². The molecule has 0 fully saturated rings. The molecule has 1 aliphatic rings. The van der Waals surface area contributed by atoms with Crippen LogP contribution in [0.1, 0.15) is 57.6 Å². The van der Waals surface area contributed by atoms with Crippen LogP contribution < -0.4 is 10.6 Å². The quantitative estimate of drug-likeness (QED) is 0.411. The maximum atomic E-state index is 12.7. The van der Waals surface area contributed by atoms with Gasteiger partial charge in [-0.2, -0.15) is 0 Å². The van der Waals surface area contributed by atoms with Gasteiger partial charge in [0.1, 0.15) is 6.61 Å². The fourth-order valence-electron chi connectivity index (χ4n) is 3.34. The average molecular weight is 432 g/mol. The SMILES string of the molecule is CCCCCCC(=O)Nc1ccc([C@H]2NC(=O)N(C)C(C)=C2C(=O)OCCOC)cc1. The number of hydrogen-bond donors (Lipinski definition) is 2. The molecule has 31 heavy (non-hydrogen) atoms. The van der Waals surface area contributed by atoms with Crippen LogP contribution in [-0.2, 0) is 19.1 Å². The van der Waals surface area contributed by atoms with E-state index in [1.54, 1.807) is 38.2 Å². The van der Waals surface area contributed by atoms with E-state index in [1.807, 2.05) is 0 Å². The van der Waals surface area contributed by atoms with Gasteiger partial charge in [-0.1, -0.05) is 38.3 Å². The van der Waals surface area contributed by atoms with Gasteiger partial charge in [0.15, 0.2) is 0 Å². The third kappa shape index (κ3) is 6.82. The predicted molar refractivity (Wildman–Crippen MR) is 118 cm³/mol. The van der Waals surface area contributed by atoms with Crippen LogP contribution in [0.25, 0.3) is 0 Å². The van der Waals surface area contributed by atoms with Crippen LogP contribution in [0.2, 0.25) is 0 Å². The Kier molecular flexibility index (Phi) is 9.52. The summed E-state index contributed by atoms with van der Waals surface area (Å²) in [6.07, 6.45) is 4.68. The highest BCUT2D eigenvalue weighted by atomic mass is 16.6. The van der Waals surface area contributed by atoms with Gasteiger partial charge in [-0.15, -0.1) is 0 Å². The second-order valence-corrected chi connectivity index (χ2v) is 7.55. The molecule has 1 aromatic carbocycles. The number of hydrogen-bond acceptors (Lipinski definition) is 5. The number of unbranched alkanes of at least 4 members (excludes halogenated alkanes) is 3. The normalized spacial score (nSPS) is 16.2. The van der Waals surface area contributed by atoms with Crippen LogP contribution in [0.5, 0.6) is 0 Å². The first-order chi connectivity index (χ1) is 14.9. The minimum Gasteiger partial charge on any atom is -0.460 e. The third-order valence-corrected chi connectivity index (χ3v) is 5.28. The standard InChI is InChI=1S/C23H33N3O5/c1-5-6-7-8-9-19(27)24-18-12-10-17(11-13-18)21-20(22(28)31-15-14-30-4)16(2)26(3)23(29)25-21/h10-13,21H,5-9,14-15H2,1-4H3,(H,24,27)(H,25,29)/t21-/m1/s1. The number of rotatable bonds is 11. The zero-order chi connectivity index (χ0) is 22.8. The van der Waals surface area contributed by atoms with Gasteiger partial charge in [0, 0.05) is 32.0 Å². The van der Waals surface area contributed by atoms with Gasteiger partial charge in [-0.05, 0) is 31.0 Å². The molecular weight excluding hydrogens is 398 g/mol. The molecular formula is C23H33N3O5. The maximum absolute atomic E-state index is 12.7. The van der Waals surface area contributed by atoms with Crippen LogP contribution in [0, 0.1) is 0 Å². The highest BCUT2D eigenvalue weighted by molar-refractivity contribution is 5.95. The molecule has 1 aromatic rings. The van der Waals surface area contributed by atoms with Crippen molar-refractivity contribution >= 4 is 23.6 Å². The molecule has 0 bridgehead atoms. The number of carbonyl (C=O) groups excluding carboxylic acids is 3. The smallest absolute Gasteiger partial charge is 0.338 e. The summed E-state index contributed by atoms with van der Waals surface area (Å²) in [5, 5.41) is 5.73. The lowest BCUT2D eigenvalue weighted by Gasteiger charge is -2.33. The summed E-state index contributed by atoms with van der Waals surface area (Å²) >= 11 is 0. The van der Waals surface area contributed by atoms with E-state index in [4.69, 9.17) is 9.47 Å². The number of esters is 1. The molecule has 170 valence electrons. The Hall–Kier alpha value is -2.87. The van der Waals surface area contributed by atoms with E-state index in [0.717, 1.165) is 31.2 Å². The van der Waals surface area contributed by atoms with Crippen molar-refractivity contribution < 1.29 is 23.9 Å². The number of ether oxygens (including phenoxy) is 2. The lowest BCUT2D eigenvalue weighted by molar-refractivity contribution is -0.140. The van der Waals surface area contributed by atoms with Crippen molar-refractivity contribution in [1.29, 1.82) is 0 Å². The van der Waals surface area contributed by atoms with Crippen LogP contribution in [0.3, 0.4) is 0 Å². The van der Waals surface area contributed by atoms with Gasteiger partial charge >= 0.3 is 12.0 Å². The van der Waals surface area contributed by atoms with E-state index in [0.29, 0.717) is 23.4 Å². The first kappa shape index (κ1) is 24.4. The molecule has 8 nitrogen and oxygen atoms in total. The molecule has 0 aromatic heterocycles. The zero-order valence-corrected chi connectivity index (χ0v) is 18.8. The maximum Gasteiger partial charge on any atom is 0.338 e. The van der Waals surface area contributed by atoms with Crippen LogP contribution in [0.4, 0.5) is 10.5 Å². The Balaban J connectivity index is 2.12. The number of methoxy groups -OCH3 is 1. The van der Waals surface area contributed by atoms with Gasteiger partial charge in [-0.25, -0.2) is 9.59 Å². The molecule has 0 saturated heterocycles. The van der Waals surface area contributed by atoms with Crippen molar-refractivity contribution in [1.82, 2.24) is 10.2 Å². The molecule has 1 aliphatic heterocycles. The number of benzene rings is 1. The topological polar surface area (TPSA) is 97.0 Å². The number of carbonyl (C=O) groups is 3. The van der Waals surface area contributed by atoms with Crippen molar-refractivity contribution in [3.8, 4) is 0 Å². The Labute approximate surface area is 184 Å². The van der Waals surface area contributed by atoms with Crippen LogP contribution in [-0.4, -0.2) is 50.2 Å². The van der Waals surface area contributed by atoms with Gasteiger partial charge in [0.05, 0.1) is 18.2 Å². The van der Waals surface area contributed by atoms with E-state index in [1.165, 1.54) is 12.0 Å². The molecule has 1 atom stereocenters. The van der Waals surface area contributed by atoms with Crippen molar-refractivity contribution in [3.63, 3.8) is 0 Å². The molecule has 1 heterocycles. The lowest BCUT2D eigenvalue weighted by Crippen LogP contribution is -2.46. The monoisotopic (exact) mass is 431 g/mol. The molecule has 0 radical (unpaired) electrons. The number of nitrogens with zero attached hydrogens (tertiary/aromatic N) is 1. The summed E-state index contributed by atoms with van der Waals surface area (Å²) in [6, 6.07) is 6.18. The first-order valence-electron chi connectivity index (χ1n) is 10.7. The molecule has 0 spiro atoms. The summed E-state index contributed by atoms with van der Waals surface area (Å²) in [7, 11) is 3.13. The summed E-state index contributed by atoms with van der Waals surface area (Å²) in [5.74, 6) is -0.523. The average Bonchev–Trinajstić information content (AvgIpc) is 2.75. The number of amides is 3. The Morgan fingerprint density at radius 3 is 2.48 bits per heavy atom. The Morgan fingerprint density at radius 2 is 1.84 bits per heavy atom. The fourth-order valence-corrected chi connectivity index (χ4v) is 3.34. The number of urea groups is 1. The fraction of sp³-hybridized carbons (Fsp3) is 0.522. The number of nitrogens with one attached hydrogen (secondary N) is 2. The molecule has 2 N–H and O–H groups in total. The number of allylic oxidation sites excluding steroid dienone is 1. The molecule has 0 unspecified atom stereocenters. The van der Waals surface area contributed by atoms with Crippen LogP contribution in [0.15, 0.2) is 35.5 Å². The van der Waals surface area contributed by atoms with E-state index in [9.17, 15) is 14.4 Å². The van der Waals surface area contributed by atoms with Gasteiger partial charge in [-0.3, -0.25) is 4.79 Å². The summed E-state index contributed by atoms with van der Waals surface area (Å²) in [5.41, 5.74) is 2.29. The van der Waals surface area contributed by atoms with E-state index < -0.39 is 12.0 Å². The lowest BCUT2D eigenvalue weighted by atomic mass is 9.95. The van der Waals surface area contributed by atoms with Gasteiger partial charge in [0.25, 0.3) is 0 Å². The summed E-state index contributed by atoms with van der Waals surface area (Å²) in [4.78, 5) is 38.5. The highest BCUT2D eigenvalue weighted by Crippen LogP contribution is 2.31. The Morgan fingerprint density at radius 1 is 1.13 bits per heavy atom. The third-order valence-electron chi connectivity index (χ3n) is 5.28. The zero-order valence-electron chi connectivity index (χ0n) is 18.8. The van der Waals surface area contributed by atoms with E-state index >= 15 is 0 Å². The van der Waals surface area contributed by atoms with Crippen molar-refractivity contribution in [2.45, 2.75) is 52.0 Å². The van der Waals surface area contributed by atoms with Crippen LogP contribution >= 0.6 is 0 Å². The van der Waals surface area contributed by atoms with E-state index in [2.05, 4.69) is 17.6 Å². The van der Waals surface area contributed by atoms with Crippen molar-refractivity contribution in [2.24, 2.45) is 0 Å². The molecule has 3 amide bonds.